The smallest absolute Gasteiger partial charge is 0.213 e. The van der Waals surface area contributed by atoms with Gasteiger partial charge in [-0.2, -0.15) is 10.5 Å². The van der Waals surface area contributed by atoms with Gasteiger partial charge in [0.25, 0.3) is 0 Å². The molecule has 0 fully saturated rings. The number of anilines is 1. The molecular formula is C19H14ClN5O2S2. The Hall–Kier alpha value is -2.82. The standard InChI is InChI=1S/C19H14ClN5O2S2/c20-14-3-6-28-15(14)10-29-19-13(8-22)17(12(7-21)18(23)25-19)11-1-2-16(24-9-11)27-5-4-26/h1-3,6,9,26H,4-5,10H2,(H2,23,25). The number of nitrogens with zero attached hydrogens (tertiary/aromatic N) is 4. The highest BCUT2D eigenvalue weighted by molar-refractivity contribution is 7.98. The summed E-state index contributed by atoms with van der Waals surface area (Å²) in [4.78, 5) is 9.39. The fourth-order valence-corrected chi connectivity index (χ4v) is 4.81. The van der Waals surface area contributed by atoms with Crippen molar-refractivity contribution in [1.82, 2.24) is 9.97 Å². The van der Waals surface area contributed by atoms with Gasteiger partial charge in [-0.05, 0) is 17.5 Å². The molecule has 146 valence electrons. The number of nitrogen functional groups attached to an aromatic ring is 1. The van der Waals surface area contributed by atoms with E-state index in [0.717, 1.165) is 4.88 Å². The number of hydrogen-bond acceptors (Lipinski definition) is 9. The lowest BCUT2D eigenvalue weighted by molar-refractivity contribution is 0.196. The van der Waals surface area contributed by atoms with Crippen molar-refractivity contribution in [2.75, 3.05) is 18.9 Å². The van der Waals surface area contributed by atoms with Crippen LogP contribution in [0.2, 0.25) is 5.02 Å². The number of nitrogens with two attached hydrogens (primary N) is 1. The molecule has 3 heterocycles. The minimum absolute atomic E-state index is 0.0434. The van der Waals surface area contributed by atoms with Crippen molar-refractivity contribution in [3.8, 4) is 29.1 Å². The van der Waals surface area contributed by atoms with E-state index in [0.29, 0.717) is 32.8 Å². The normalized spacial score (nSPS) is 10.3. The molecule has 3 aromatic heterocycles. The van der Waals surface area contributed by atoms with Crippen LogP contribution in [0.25, 0.3) is 11.1 Å². The van der Waals surface area contributed by atoms with Gasteiger partial charge in [0.1, 0.15) is 35.2 Å². The third-order valence-electron chi connectivity index (χ3n) is 3.81. The molecule has 0 radical (unpaired) electrons. The van der Waals surface area contributed by atoms with Crippen molar-refractivity contribution < 1.29 is 9.84 Å². The van der Waals surface area contributed by atoms with Crippen molar-refractivity contribution in [1.29, 1.82) is 10.5 Å². The molecule has 7 nitrogen and oxygen atoms in total. The van der Waals surface area contributed by atoms with Gasteiger partial charge >= 0.3 is 0 Å². The van der Waals surface area contributed by atoms with E-state index in [1.807, 2.05) is 17.5 Å². The molecule has 0 aromatic carbocycles. The van der Waals surface area contributed by atoms with Crippen LogP contribution >= 0.6 is 34.7 Å². The first-order chi connectivity index (χ1) is 14.1. The largest absolute Gasteiger partial charge is 0.475 e. The Morgan fingerprint density at radius 2 is 2.03 bits per heavy atom. The van der Waals surface area contributed by atoms with Gasteiger partial charge in [-0.3, -0.25) is 0 Å². The van der Waals surface area contributed by atoms with Crippen molar-refractivity contribution >= 4 is 40.5 Å². The summed E-state index contributed by atoms with van der Waals surface area (Å²) >= 11 is 8.99. The van der Waals surface area contributed by atoms with E-state index < -0.39 is 0 Å². The second-order valence-corrected chi connectivity index (χ2v) is 7.96. The van der Waals surface area contributed by atoms with Crippen LogP contribution in [0.4, 0.5) is 5.82 Å². The number of aromatic nitrogens is 2. The molecule has 10 heteroatoms. The molecule has 0 aliphatic carbocycles. The SMILES string of the molecule is N#Cc1c(N)nc(SCc2sccc2Cl)c(C#N)c1-c1ccc(OCCO)nc1. The maximum absolute atomic E-state index is 9.80. The Labute approximate surface area is 180 Å². The Morgan fingerprint density at radius 3 is 2.62 bits per heavy atom. The number of thiophene rings is 1. The maximum atomic E-state index is 9.80. The first-order valence-corrected chi connectivity index (χ1v) is 10.5. The van der Waals surface area contributed by atoms with Gasteiger partial charge in [-0.15, -0.1) is 11.3 Å². The number of aliphatic hydroxyl groups excluding tert-OH is 1. The van der Waals surface area contributed by atoms with Crippen LogP contribution in [0.3, 0.4) is 0 Å². The summed E-state index contributed by atoms with van der Waals surface area (Å²) in [7, 11) is 0. The first-order valence-electron chi connectivity index (χ1n) is 8.27. The molecule has 29 heavy (non-hydrogen) atoms. The number of aliphatic hydroxyl groups is 1. The summed E-state index contributed by atoms with van der Waals surface area (Å²) in [6.07, 6.45) is 1.49. The second kappa shape index (κ2) is 9.59. The number of pyridine rings is 2. The van der Waals surface area contributed by atoms with Gasteiger partial charge in [-0.1, -0.05) is 23.4 Å². The van der Waals surface area contributed by atoms with Crippen LogP contribution < -0.4 is 10.5 Å². The molecule has 0 spiro atoms. The Bertz CT molecular complexity index is 1100. The van der Waals surface area contributed by atoms with E-state index in [9.17, 15) is 10.5 Å². The second-order valence-electron chi connectivity index (χ2n) is 5.59. The minimum atomic E-state index is -0.129. The average molecular weight is 444 g/mol. The number of rotatable bonds is 7. The van der Waals surface area contributed by atoms with Crippen LogP contribution in [0.15, 0.2) is 34.8 Å². The lowest BCUT2D eigenvalue weighted by atomic mass is 9.98. The predicted molar refractivity (Wildman–Crippen MR) is 113 cm³/mol. The average Bonchev–Trinajstić information content (AvgIpc) is 3.15. The van der Waals surface area contributed by atoms with Crippen LogP contribution in [0.5, 0.6) is 5.88 Å². The molecular weight excluding hydrogens is 430 g/mol. The van der Waals surface area contributed by atoms with Crippen molar-refractivity contribution in [3.05, 3.63) is 50.8 Å². The molecule has 0 aliphatic heterocycles. The molecule has 0 saturated carbocycles. The van der Waals surface area contributed by atoms with Crippen molar-refractivity contribution in [2.45, 2.75) is 10.8 Å². The topological polar surface area (TPSA) is 129 Å². The fraction of sp³-hybridized carbons (Fsp3) is 0.158. The zero-order chi connectivity index (χ0) is 20.8. The monoisotopic (exact) mass is 443 g/mol. The maximum Gasteiger partial charge on any atom is 0.213 e. The number of halogens is 1. The fourth-order valence-electron chi connectivity index (χ4n) is 2.52. The lowest BCUT2D eigenvalue weighted by Gasteiger charge is -2.13. The quantitative estimate of drug-likeness (QED) is 0.527. The molecule has 0 atom stereocenters. The Balaban J connectivity index is 2.03. The molecule has 3 N–H and O–H groups in total. The van der Waals surface area contributed by atoms with Gasteiger partial charge in [0, 0.05) is 34.0 Å². The van der Waals surface area contributed by atoms with Crippen LogP contribution in [-0.4, -0.2) is 28.3 Å². The van der Waals surface area contributed by atoms with E-state index in [1.165, 1.54) is 29.3 Å². The van der Waals surface area contributed by atoms with E-state index in [1.54, 1.807) is 12.1 Å². The van der Waals surface area contributed by atoms with Crippen molar-refractivity contribution in [2.24, 2.45) is 0 Å². The predicted octanol–water partition coefficient (Wildman–Crippen LogP) is 3.85. The van der Waals surface area contributed by atoms with E-state index in [4.69, 9.17) is 27.2 Å². The van der Waals surface area contributed by atoms with Crippen molar-refractivity contribution in [3.63, 3.8) is 0 Å². The number of ether oxygens (including phenoxy) is 1. The highest BCUT2D eigenvalue weighted by Gasteiger charge is 2.21. The Morgan fingerprint density at radius 1 is 1.24 bits per heavy atom. The highest BCUT2D eigenvalue weighted by Crippen LogP contribution is 2.38. The third-order valence-corrected chi connectivity index (χ3v) is 6.38. The number of thioether (sulfide) groups is 1. The minimum Gasteiger partial charge on any atom is -0.475 e. The van der Waals surface area contributed by atoms with Gasteiger partial charge in [0.15, 0.2) is 0 Å². The zero-order valence-corrected chi connectivity index (χ0v) is 17.3. The number of hydrogen-bond donors (Lipinski definition) is 2. The summed E-state index contributed by atoms with van der Waals surface area (Å²) in [5.41, 5.74) is 7.30. The summed E-state index contributed by atoms with van der Waals surface area (Å²) < 4.78 is 5.25. The van der Waals surface area contributed by atoms with Gasteiger partial charge in [-0.25, -0.2) is 9.97 Å². The molecule has 0 saturated heterocycles. The van der Waals surface area contributed by atoms with E-state index >= 15 is 0 Å². The van der Waals surface area contributed by atoms with Crippen LogP contribution in [-0.2, 0) is 5.75 Å². The van der Waals surface area contributed by atoms with Crippen LogP contribution in [0.1, 0.15) is 16.0 Å². The lowest BCUT2D eigenvalue weighted by Crippen LogP contribution is -2.05. The highest BCUT2D eigenvalue weighted by atomic mass is 35.5. The van der Waals surface area contributed by atoms with Gasteiger partial charge in [0.05, 0.1) is 17.2 Å². The molecule has 0 bridgehead atoms. The molecule has 3 rings (SSSR count). The molecule has 0 amide bonds. The summed E-state index contributed by atoms with van der Waals surface area (Å²) in [6, 6.07) is 9.27. The van der Waals surface area contributed by atoms with Gasteiger partial charge < -0.3 is 15.6 Å². The molecule has 0 aliphatic rings. The molecule has 3 aromatic rings. The zero-order valence-electron chi connectivity index (χ0n) is 14.9. The summed E-state index contributed by atoms with van der Waals surface area (Å²) in [6.45, 7) is -0.0101. The van der Waals surface area contributed by atoms with E-state index in [2.05, 4.69) is 16.0 Å². The third kappa shape index (κ3) is 4.61. The summed E-state index contributed by atoms with van der Waals surface area (Å²) in [5, 5.41) is 31.2. The van der Waals surface area contributed by atoms with E-state index in [-0.39, 0.29) is 30.2 Å². The Kier molecular flexibility index (Phi) is 6.91. The van der Waals surface area contributed by atoms with Gasteiger partial charge in [0.2, 0.25) is 5.88 Å². The summed E-state index contributed by atoms with van der Waals surface area (Å²) in [5.74, 6) is 0.889. The molecule has 0 unspecified atom stereocenters. The first kappa shape index (κ1) is 20.9. The number of nitriles is 2. The van der Waals surface area contributed by atoms with Crippen LogP contribution in [0, 0.1) is 22.7 Å².